The van der Waals surface area contributed by atoms with Crippen LogP contribution in [0.25, 0.3) is 0 Å². The summed E-state index contributed by atoms with van der Waals surface area (Å²) in [7, 11) is 3.41. The highest BCUT2D eigenvalue weighted by atomic mass is 127. The zero-order chi connectivity index (χ0) is 16.9. The Morgan fingerprint density at radius 3 is 2.38 bits per heavy atom. The molecule has 0 aliphatic carbocycles. The van der Waals surface area contributed by atoms with Crippen molar-refractivity contribution in [3.63, 3.8) is 0 Å². The third-order valence-electron chi connectivity index (χ3n) is 3.14. The van der Waals surface area contributed by atoms with Crippen molar-refractivity contribution >= 4 is 53.1 Å². The molecule has 0 fully saturated rings. The lowest BCUT2D eigenvalue weighted by Crippen LogP contribution is -2.39. The quantitative estimate of drug-likeness (QED) is 0.229. The highest BCUT2D eigenvalue weighted by Crippen LogP contribution is 2.24. The number of nitrogens with zero attached hydrogens (tertiary/aromatic N) is 1. The standard InChI is InChI=1S/C16H25Cl2N3O2.HI/c1-19-16(20-8-4-10-23-12-11-22-2)21-9-7-13-14(17)5-3-6-15(13)18;/h3,5-6H,4,7-12H2,1-2H3,(H2,19,20,21);1H. The number of ether oxygens (including phenoxy) is 2. The van der Waals surface area contributed by atoms with Gasteiger partial charge in [-0.2, -0.15) is 0 Å². The van der Waals surface area contributed by atoms with Crippen LogP contribution in [-0.4, -0.2) is 53.0 Å². The van der Waals surface area contributed by atoms with Crippen LogP contribution in [0.3, 0.4) is 0 Å². The second-order valence-corrected chi connectivity index (χ2v) is 5.65. The van der Waals surface area contributed by atoms with E-state index in [9.17, 15) is 0 Å². The number of rotatable bonds is 10. The molecule has 0 spiro atoms. The molecule has 0 radical (unpaired) electrons. The van der Waals surface area contributed by atoms with E-state index in [4.69, 9.17) is 32.7 Å². The van der Waals surface area contributed by atoms with Crippen molar-refractivity contribution in [3.05, 3.63) is 33.8 Å². The Morgan fingerprint density at radius 2 is 1.75 bits per heavy atom. The van der Waals surface area contributed by atoms with Crippen LogP contribution in [0.5, 0.6) is 0 Å². The molecule has 0 aliphatic heterocycles. The van der Waals surface area contributed by atoms with E-state index in [0.29, 0.717) is 36.4 Å². The van der Waals surface area contributed by atoms with Gasteiger partial charge in [-0.25, -0.2) is 0 Å². The Morgan fingerprint density at radius 1 is 1.08 bits per heavy atom. The Bertz CT molecular complexity index is 470. The van der Waals surface area contributed by atoms with E-state index in [-0.39, 0.29) is 24.0 Å². The molecule has 138 valence electrons. The van der Waals surface area contributed by atoms with E-state index in [1.165, 1.54) is 0 Å². The molecular formula is C16H26Cl2IN3O2. The smallest absolute Gasteiger partial charge is 0.190 e. The number of guanidine groups is 1. The molecule has 0 heterocycles. The van der Waals surface area contributed by atoms with Gasteiger partial charge < -0.3 is 20.1 Å². The van der Waals surface area contributed by atoms with Crippen LogP contribution < -0.4 is 10.6 Å². The maximum absolute atomic E-state index is 6.15. The molecular weight excluding hydrogens is 464 g/mol. The summed E-state index contributed by atoms with van der Waals surface area (Å²) in [4.78, 5) is 4.18. The number of hydrogen-bond donors (Lipinski definition) is 2. The predicted octanol–water partition coefficient (Wildman–Crippen LogP) is 3.37. The normalized spacial score (nSPS) is 11.1. The Kier molecular flexibility index (Phi) is 14.8. The van der Waals surface area contributed by atoms with Gasteiger partial charge in [0.05, 0.1) is 13.2 Å². The number of methoxy groups -OCH3 is 1. The fourth-order valence-electron chi connectivity index (χ4n) is 1.92. The van der Waals surface area contributed by atoms with E-state index in [1.807, 2.05) is 18.2 Å². The van der Waals surface area contributed by atoms with Crippen LogP contribution in [0.4, 0.5) is 0 Å². The molecule has 0 saturated heterocycles. The minimum Gasteiger partial charge on any atom is -0.382 e. The second-order valence-electron chi connectivity index (χ2n) is 4.83. The van der Waals surface area contributed by atoms with Crippen LogP contribution in [-0.2, 0) is 15.9 Å². The second kappa shape index (κ2) is 15.0. The largest absolute Gasteiger partial charge is 0.382 e. The maximum Gasteiger partial charge on any atom is 0.190 e. The molecule has 2 N–H and O–H groups in total. The van der Waals surface area contributed by atoms with Gasteiger partial charge in [-0.3, -0.25) is 4.99 Å². The fourth-order valence-corrected chi connectivity index (χ4v) is 2.51. The Balaban J connectivity index is 0.00000529. The highest BCUT2D eigenvalue weighted by Gasteiger charge is 2.05. The topological polar surface area (TPSA) is 54.9 Å². The van der Waals surface area contributed by atoms with Gasteiger partial charge in [-0.05, 0) is 30.5 Å². The summed E-state index contributed by atoms with van der Waals surface area (Å²) < 4.78 is 10.3. The van der Waals surface area contributed by atoms with Crippen molar-refractivity contribution in [3.8, 4) is 0 Å². The van der Waals surface area contributed by atoms with Gasteiger partial charge in [0.1, 0.15) is 0 Å². The molecule has 1 aromatic rings. The van der Waals surface area contributed by atoms with E-state index in [1.54, 1.807) is 14.2 Å². The lowest BCUT2D eigenvalue weighted by Gasteiger charge is -2.13. The first-order valence-electron chi connectivity index (χ1n) is 7.63. The average molecular weight is 490 g/mol. The predicted molar refractivity (Wildman–Crippen MR) is 112 cm³/mol. The van der Waals surface area contributed by atoms with Crippen LogP contribution in [0.15, 0.2) is 23.2 Å². The van der Waals surface area contributed by atoms with Crippen LogP contribution in [0.1, 0.15) is 12.0 Å². The molecule has 8 heteroatoms. The lowest BCUT2D eigenvalue weighted by atomic mass is 10.1. The van der Waals surface area contributed by atoms with E-state index in [0.717, 1.165) is 30.9 Å². The molecule has 0 aromatic heterocycles. The zero-order valence-corrected chi connectivity index (χ0v) is 18.0. The van der Waals surface area contributed by atoms with Gasteiger partial charge in [0.25, 0.3) is 0 Å². The molecule has 0 bridgehead atoms. The molecule has 0 unspecified atom stereocenters. The first kappa shape index (κ1) is 23.7. The maximum atomic E-state index is 6.15. The molecule has 1 rings (SSSR count). The highest BCUT2D eigenvalue weighted by molar-refractivity contribution is 14.0. The van der Waals surface area contributed by atoms with Gasteiger partial charge in [-0.1, -0.05) is 29.3 Å². The van der Waals surface area contributed by atoms with Crippen molar-refractivity contribution in [2.24, 2.45) is 4.99 Å². The average Bonchev–Trinajstić information content (AvgIpc) is 2.54. The van der Waals surface area contributed by atoms with Gasteiger partial charge in [0, 0.05) is 43.9 Å². The summed E-state index contributed by atoms with van der Waals surface area (Å²) >= 11 is 12.3. The first-order valence-corrected chi connectivity index (χ1v) is 8.38. The minimum absolute atomic E-state index is 0. The molecule has 24 heavy (non-hydrogen) atoms. The van der Waals surface area contributed by atoms with Crippen LogP contribution in [0.2, 0.25) is 10.0 Å². The van der Waals surface area contributed by atoms with Crippen molar-refractivity contribution in [2.75, 3.05) is 47.1 Å². The summed E-state index contributed by atoms with van der Waals surface area (Å²) in [6.45, 7) is 3.44. The van der Waals surface area contributed by atoms with Gasteiger partial charge >= 0.3 is 0 Å². The summed E-state index contributed by atoms with van der Waals surface area (Å²) in [6.07, 6.45) is 1.64. The lowest BCUT2D eigenvalue weighted by molar-refractivity contribution is 0.0698. The van der Waals surface area contributed by atoms with E-state index >= 15 is 0 Å². The van der Waals surface area contributed by atoms with Crippen molar-refractivity contribution < 1.29 is 9.47 Å². The van der Waals surface area contributed by atoms with Crippen LogP contribution >= 0.6 is 47.2 Å². The number of nitrogens with one attached hydrogen (secondary N) is 2. The summed E-state index contributed by atoms with van der Waals surface area (Å²) in [5.41, 5.74) is 0.949. The van der Waals surface area contributed by atoms with Crippen molar-refractivity contribution in [1.29, 1.82) is 0 Å². The first-order chi connectivity index (χ1) is 11.2. The monoisotopic (exact) mass is 489 g/mol. The molecule has 0 saturated carbocycles. The molecule has 5 nitrogen and oxygen atoms in total. The SMILES string of the molecule is CN=C(NCCCOCCOC)NCCc1c(Cl)cccc1Cl.I. The van der Waals surface area contributed by atoms with Gasteiger partial charge in [-0.15, -0.1) is 24.0 Å². The van der Waals surface area contributed by atoms with Gasteiger partial charge in [0.2, 0.25) is 0 Å². The fraction of sp³-hybridized carbons (Fsp3) is 0.562. The van der Waals surface area contributed by atoms with Crippen molar-refractivity contribution in [2.45, 2.75) is 12.8 Å². The Labute approximate surface area is 171 Å². The third-order valence-corrected chi connectivity index (χ3v) is 3.85. The van der Waals surface area contributed by atoms with Crippen molar-refractivity contribution in [1.82, 2.24) is 10.6 Å². The third kappa shape index (κ3) is 9.88. The summed E-state index contributed by atoms with van der Waals surface area (Å²) in [5.74, 6) is 0.755. The summed E-state index contributed by atoms with van der Waals surface area (Å²) in [5, 5.41) is 7.86. The molecule has 1 aromatic carbocycles. The Hall–Kier alpha value is -0.280. The number of hydrogen-bond acceptors (Lipinski definition) is 3. The number of aliphatic imine (C=N–C) groups is 1. The summed E-state index contributed by atoms with van der Waals surface area (Å²) in [6, 6.07) is 5.54. The molecule has 0 atom stereocenters. The molecule has 0 aliphatic rings. The van der Waals surface area contributed by atoms with E-state index < -0.39 is 0 Å². The molecule has 0 amide bonds. The van der Waals surface area contributed by atoms with Crippen LogP contribution in [0, 0.1) is 0 Å². The number of halogens is 3. The van der Waals surface area contributed by atoms with E-state index in [2.05, 4.69) is 15.6 Å². The zero-order valence-electron chi connectivity index (χ0n) is 14.1. The minimum atomic E-state index is 0. The number of benzene rings is 1. The van der Waals surface area contributed by atoms with Gasteiger partial charge in [0.15, 0.2) is 5.96 Å².